The van der Waals surface area contributed by atoms with Crippen LogP contribution in [0.1, 0.15) is 24.6 Å². The Morgan fingerprint density at radius 2 is 2.33 bits per heavy atom. The van der Waals surface area contributed by atoms with E-state index in [-0.39, 0.29) is 0 Å². The lowest BCUT2D eigenvalue weighted by Gasteiger charge is -2.11. The molecule has 0 aliphatic carbocycles. The van der Waals surface area contributed by atoms with E-state index >= 15 is 0 Å². The molecule has 3 heterocycles. The van der Waals surface area contributed by atoms with Gasteiger partial charge in [-0.05, 0) is 47.4 Å². The molecule has 1 saturated heterocycles. The second-order valence-electron chi connectivity index (χ2n) is 4.54. The van der Waals surface area contributed by atoms with E-state index in [9.17, 15) is 0 Å². The molecule has 2 aromatic rings. The average molecular weight is 307 g/mol. The van der Waals surface area contributed by atoms with Crippen LogP contribution < -0.4 is 5.32 Å². The summed E-state index contributed by atoms with van der Waals surface area (Å²) in [6.45, 7) is 1.08. The fraction of sp³-hybridized carbons (Fsp3) is 0.385. The van der Waals surface area contributed by atoms with E-state index in [1.165, 1.54) is 18.5 Å². The molecule has 0 spiro atoms. The molecular weight excluding hydrogens is 292 g/mol. The maximum atomic E-state index is 4.59. The van der Waals surface area contributed by atoms with Gasteiger partial charge in [0.2, 0.25) is 0 Å². The number of rotatable bonds is 2. The Hall–Kier alpha value is -1.20. The summed E-state index contributed by atoms with van der Waals surface area (Å²) in [4.78, 5) is 4.36. The van der Waals surface area contributed by atoms with E-state index in [2.05, 4.69) is 31.3 Å². The Morgan fingerprint density at radius 1 is 1.44 bits per heavy atom. The summed E-state index contributed by atoms with van der Waals surface area (Å²) in [5, 5.41) is 8.10. The van der Waals surface area contributed by atoms with Crippen molar-refractivity contribution in [3.05, 3.63) is 34.6 Å². The number of hydrogen-bond donors (Lipinski definition) is 1. The Balaban J connectivity index is 2.05. The van der Waals surface area contributed by atoms with Gasteiger partial charge < -0.3 is 5.32 Å². The van der Waals surface area contributed by atoms with Crippen molar-refractivity contribution in [2.24, 2.45) is 7.05 Å². The maximum absolute atomic E-state index is 4.59. The molecule has 0 radical (unpaired) electrons. The van der Waals surface area contributed by atoms with Gasteiger partial charge >= 0.3 is 0 Å². The summed E-state index contributed by atoms with van der Waals surface area (Å²) < 4.78 is 3.01. The number of aromatic nitrogens is 3. The van der Waals surface area contributed by atoms with Crippen LogP contribution in [-0.4, -0.2) is 21.3 Å². The fourth-order valence-corrected chi connectivity index (χ4v) is 3.29. The minimum absolute atomic E-state index is 0.398. The van der Waals surface area contributed by atoms with Gasteiger partial charge in [-0.15, -0.1) is 0 Å². The van der Waals surface area contributed by atoms with Crippen LogP contribution in [0.25, 0.3) is 11.4 Å². The predicted molar refractivity (Wildman–Crippen MR) is 74.1 cm³/mol. The third-order valence-corrected chi connectivity index (χ3v) is 4.11. The topological polar surface area (TPSA) is 42.7 Å². The van der Waals surface area contributed by atoms with Gasteiger partial charge in [0.15, 0.2) is 0 Å². The molecule has 0 bridgehead atoms. The molecule has 4 nitrogen and oxygen atoms in total. The Labute approximate surface area is 115 Å². The van der Waals surface area contributed by atoms with Gasteiger partial charge in [0.1, 0.15) is 5.69 Å². The monoisotopic (exact) mass is 306 g/mol. The molecule has 0 amide bonds. The van der Waals surface area contributed by atoms with E-state index in [1.54, 1.807) is 6.20 Å². The van der Waals surface area contributed by atoms with E-state index in [1.807, 2.05) is 29.9 Å². The van der Waals surface area contributed by atoms with Gasteiger partial charge in [0, 0.05) is 13.2 Å². The second kappa shape index (κ2) is 4.82. The van der Waals surface area contributed by atoms with Gasteiger partial charge in [-0.3, -0.25) is 9.67 Å². The highest BCUT2D eigenvalue weighted by Gasteiger charge is 2.25. The quantitative estimate of drug-likeness (QED) is 0.927. The number of nitrogens with one attached hydrogen (secondary N) is 1. The summed E-state index contributed by atoms with van der Waals surface area (Å²) in [5.74, 6) is 0. The molecule has 18 heavy (non-hydrogen) atoms. The minimum Gasteiger partial charge on any atom is -0.309 e. The summed E-state index contributed by atoms with van der Waals surface area (Å²) in [5.41, 5.74) is 3.04. The van der Waals surface area contributed by atoms with E-state index in [4.69, 9.17) is 0 Å². The smallest absolute Gasteiger partial charge is 0.125 e. The highest BCUT2D eigenvalue weighted by molar-refractivity contribution is 9.10. The van der Waals surface area contributed by atoms with Crippen LogP contribution in [-0.2, 0) is 7.05 Å². The van der Waals surface area contributed by atoms with Gasteiger partial charge in [0.05, 0.1) is 21.9 Å². The number of nitrogens with zero attached hydrogens (tertiary/aromatic N) is 3. The number of aryl methyl sites for hydroxylation is 1. The Kier molecular flexibility index (Phi) is 3.18. The largest absolute Gasteiger partial charge is 0.309 e. The zero-order chi connectivity index (χ0) is 12.5. The molecule has 1 N–H and O–H groups in total. The van der Waals surface area contributed by atoms with E-state index in [0.29, 0.717) is 6.04 Å². The van der Waals surface area contributed by atoms with Crippen molar-refractivity contribution in [1.82, 2.24) is 20.1 Å². The van der Waals surface area contributed by atoms with Gasteiger partial charge in [0.25, 0.3) is 0 Å². The average Bonchev–Trinajstić information content (AvgIpc) is 2.99. The van der Waals surface area contributed by atoms with Crippen LogP contribution in [0.4, 0.5) is 0 Å². The molecule has 1 atom stereocenters. The van der Waals surface area contributed by atoms with Gasteiger partial charge in [-0.1, -0.05) is 6.07 Å². The molecule has 2 aromatic heterocycles. The lowest BCUT2D eigenvalue weighted by molar-refractivity contribution is 0.572. The lowest BCUT2D eigenvalue weighted by Crippen LogP contribution is -2.16. The third-order valence-electron chi connectivity index (χ3n) is 3.33. The molecule has 1 aliphatic heterocycles. The first-order valence-corrected chi connectivity index (χ1v) is 6.94. The Morgan fingerprint density at radius 3 is 3.00 bits per heavy atom. The molecule has 0 aromatic carbocycles. The van der Waals surface area contributed by atoms with Crippen molar-refractivity contribution in [1.29, 1.82) is 0 Å². The standard InChI is InChI=1S/C13H15BrN4/c1-18-13(10-6-4-8-16-10)11(14)12(17-18)9-5-2-3-7-15-9/h2-3,5,7,10,16H,4,6,8H2,1H3. The highest BCUT2D eigenvalue weighted by Crippen LogP contribution is 2.35. The van der Waals surface area contributed by atoms with Gasteiger partial charge in [-0.2, -0.15) is 5.10 Å². The van der Waals surface area contributed by atoms with Crippen molar-refractivity contribution >= 4 is 15.9 Å². The molecule has 1 aliphatic rings. The summed E-state index contributed by atoms with van der Waals surface area (Å²) in [6, 6.07) is 6.28. The number of pyridine rings is 1. The van der Waals surface area contributed by atoms with Crippen molar-refractivity contribution < 1.29 is 0 Å². The normalized spacial score (nSPS) is 19.3. The molecular formula is C13H15BrN4. The summed E-state index contributed by atoms with van der Waals surface area (Å²) in [6.07, 6.45) is 4.19. The molecule has 94 valence electrons. The predicted octanol–water partition coefficient (Wildman–Crippen LogP) is 2.67. The molecule has 0 saturated carbocycles. The Bertz CT molecular complexity index is 544. The minimum atomic E-state index is 0.398. The van der Waals surface area contributed by atoms with Crippen LogP contribution in [0.15, 0.2) is 28.9 Å². The van der Waals surface area contributed by atoms with Gasteiger partial charge in [-0.25, -0.2) is 0 Å². The number of hydrogen-bond acceptors (Lipinski definition) is 3. The molecule has 3 rings (SSSR count). The second-order valence-corrected chi connectivity index (χ2v) is 5.33. The summed E-state index contributed by atoms with van der Waals surface area (Å²) >= 11 is 3.69. The van der Waals surface area contributed by atoms with Crippen molar-refractivity contribution in [2.45, 2.75) is 18.9 Å². The first kappa shape index (κ1) is 11.9. The highest BCUT2D eigenvalue weighted by atomic mass is 79.9. The molecule has 5 heteroatoms. The fourth-order valence-electron chi connectivity index (χ4n) is 2.47. The molecule has 1 fully saturated rings. The van der Waals surface area contributed by atoms with Crippen molar-refractivity contribution in [2.75, 3.05) is 6.54 Å². The molecule has 1 unspecified atom stereocenters. The summed E-state index contributed by atoms with van der Waals surface area (Å²) in [7, 11) is 1.99. The van der Waals surface area contributed by atoms with Crippen LogP contribution in [0.2, 0.25) is 0 Å². The van der Waals surface area contributed by atoms with Crippen LogP contribution in [0.5, 0.6) is 0 Å². The first-order valence-electron chi connectivity index (χ1n) is 6.14. The third kappa shape index (κ3) is 1.97. The zero-order valence-corrected chi connectivity index (χ0v) is 11.8. The van der Waals surface area contributed by atoms with Crippen molar-refractivity contribution in [3.8, 4) is 11.4 Å². The zero-order valence-electron chi connectivity index (χ0n) is 10.2. The maximum Gasteiger partial charge on any atom is 0.125 e. The van der Waals surface area contributed by atoms with Crippen molar-refractivity contribution in [3.63, 3.8) is 0 Å². The van der Waals surface area contributed by atoms with E-state index in [0.717, 1.165) is 22.4 Å². The SMILES string of the molecule is Cn1nc(-c2ccccn2)c(Br)c1C1CCCN1. The van der Waals surface area contributed by atoms with Crippen LogP contribution >= 0.6 is 15.9 Å². The van der Waals surface area contributed by atoms with Crippen LogP contribution in [0.3, 0.4) is 0 Å². The van der Waals surface area contributed by atoms with Crippen LogP contribution in [0, 0.1) is 0 Å². The van der Waals surface area contributed by atoms with E-state index < -0.39 is 0 Å². The first-order chi connectivity index (χ1) is 8.77. The number of halogens is 1. The lowest BCUT2D eigenvalue weighted by atomic mass is 10.1.